The van der Waals surface area contributed by atoms with Gasteiger partial charge in [0.1, 0.15) is 5.82 Å². The lowest BCUT2D eigenvalue weighted by atomic mass is 9.89. The number of fused-ring (bicyclic) bond motifs is 1. The summed E-state index contributed by atoms with van der Waals surface area (Å²) in [5.74, 6) is -2.17. The molecule has 7 nitrogen and oxygen atoms in total. The van der Waals surface area contributed by atoms with Crippen LogP contribution < -0.4 is 10.6 Å². The van der Waals surface area contributed by atoms with E-state index in [0.717, 1.165) is 5.56 Å². The van der Waals surface area contributed by atoms with E-state index in [1.807, 2.05) is 0 Å². The summed E-state index contributed by atoms with van der Waals surface area (Å²) in [4.78, 5) is 25.2. The summed E-state index contributed by atoms with van der Waals surface area (Å²) in [6, 6.07) is 6.93. The molecule has 2 N–H and O–H groups in total. The molecule has 3 rings (SSSR count). The van der Waals surface area contributed by atoms with Crippen molar-refractivity contribution in [3.63, 3.8) is 0 Å². The Hall–Kier alpha value is -2.78. The van der Waals surface area contributed by atoms with Crippen LogP contribution in [0.3, 0.4) is 0 Å². The molecule has 1 atom stereocenters. The van der Waals surface area contributed by atoms with E-state index < -0.39 is 27.7 Å². The van der Waals surface area contributed by atoms with Gasteiger partial charge in [-0.1, -0.05) is 19.9 Å². The first-order valence-electron chi connectivity index (χ1n) is 10.1. The molecule has 2 amide bonds. The minimum atomic E-state index is -3.71. The Morgan fingerprint density at radius 1 is 1.19 bits per heavy atom. The Labute approximate surface area is 181 Å². The molecular weight excluding hydrogens is 421 g/mol. The van der Waals surface area contributed by atoms with E-state index in [0.29, 0.717) is 29.9 Å². The lowest BCUT2D eigenvalue weighted by Gasteiger charge is -2.25. The van der Waals surface area contributed by atoms with E-state index in [1.165, 1.54) is 28.6 Å². The zero-order chi connectivity index (χ0) is 22.9. The maximum absolute atomic E-state index is 13.6. The van der Waals surface area contributed by atoms with E-state index >= 15 is 0 Å². The van der Waals surface area contributed by atoms with Gasteiger partial charge in [-0.3, -0.25) is 9.59 Å². The van der Waals surface area contributed by atoms with E-state index in [4.69, 9.17) is 0 Å². The van der Waals surface area contributed by atoms with Crippen molar-refractivity contribution >= 4 is 33.2 Å². The highest BCUT2D eigenvalue weighted by atomic mass is 32.2. The summed E-state index contributed by atoms with van der Waals surface area (Å²) in [6.45, 7) is 7.75. The van der Waals surface area contributed by atoms with Crippen molar-refractivity contribution in [3.8, 4) is 0 Å². The van der Waals surface area contributed by atoms with Crippen LogP contribution >= 0.6 is 0 Å². The molecule has 0 aromatic heterocycles. The molecule has 1 heterocycles. The number of rotatable bonds is 6. The number of nitrogens with one attached hydrogen (secondary N) is 2. The molecule has 0 saturated carbocycles. The molecule has 0 aliphatic carbocycles. The summed E-state index contributed by atoms with van der Waals surface area (Å²) in [6.07, 6.45) is -0.0834. The smallest absolute Gasteiger partial charge is 0.243 e. The van der Waals surface area contributed by atoms with E-state index in [9.17, 15) is 22.4 Å². The van der Waals surface area contributed by atoms with Crippen molar-refractivity contribution < 1.29 is 22.4 Å². The van der Waals surface area contributed by atoms with E-state index in [1.54, 1.807) is 33.8 Å². The van der Waals surface area contributed by atoms with Crippen LogP contribution in [-0.2, 0) is 19.6 Å². The van der Waals surface area contributed by atoms with Crippen LogP contribution in [0.5, 0.6) is 0 Å². The third-order valence-electron chi connectivity index (χ3n) is 5.61. The number of sulfonamides is 1. The van der Waals surface area contributed by atoms with E-state index in [2.05, 4.69) is 10.6 Å². The fourth-order valence-electron chi connectivity index (χ4n) is 3.71. The highest BCUT2D eigenvalue weighted by molar-refractivity contribution is 7.89. The SMILES string of the molecule is CCN(CC)S(=O)(=O)c1cc(C)c(C)c(NC(=O)C2CC(=O)Nc3cc(F)ccc32)c1. The van der Waals surface area contributed by atoms with Crippen LogP contribution in [0, 0.1) is 19.7 Å². The molecule has 31 heavy (non-hydrogen) atoms. The average molecular weight is 448 g/mol. The van der Waals surface area contributed by atoms with Gasteiger partial charge < -0.3 is 10.6 Å². The van der Waals surface area contributed by atoms with Crippen molar-refractivity contribution in [2.24, 2.45) is 0 Å². The quantitative estimate of drug-likeness (QED) is 0.708. The van der Waals surface area contributed by atoms with Gasteiger partial charge in [0, 0.05) is 30.9 Å². The zero-order valence-electron chi connectivity index (χ0n) is 18.0. The van der Waals surface area contributed by atoms with Crippen LogP contribution in [0.25, 0.3) is 0 Å². The summed E-state index contributed by atoms with van der Waals surface area (Å²) < 4.78 is 40.8. The zero-order valence-corrected chi connectivity index (χ0v) is 18.8. The first kappa shape index (κ1) is 22.9. The Bertz CT molecular complexity index is 1140. The molecule has 0 bridgehead atoms. The van der Waals surface area contributed by atoms with Gasteiger partial charge >= 0.3 is 0 Å². The standard InChI is InChI=1S/C22H26FN3O4S/c1-5-26(6-2)31(29,30)16-9-13(3)14(4)19(11-16)25-22(28)18-12-21(27)24-20-10-15(23)7-8-17(18)20/h7-11,18H,5-6,12H2,1-4H3,(H,24,27)(H,25,28). The van der Waals surface area contributed by atoms with Crippen LogP contribution in [0.2, 0.25) is 0 Å². The van der Waals surface area contributed by atoms with Crippen molar-refractivity contribution in [1.82, 2.24) is 4.31 Å². The molecule has 166 valence electrons. The molecule has 1 aliphatic rings. The Morgan fingerprint density at radius 2 is 1.87 bits per heavy atom. The van der Waals surface area contributed by atoms with Crippen LogP contribution in [0.15, 0.2) is 35.2 Å². The molecule has 2 aromatic rings. The molecule has 0 spiro atoms. The predicted octanol–water partition coefficient (Wildman–Crippen LogP) is 3.54. The average Bonchev–Trinajstić information content (AvgIpc) is 2.70. The van der Waals surface area contributed by atoms with Crippen molar-refractivity contribution in [1.29, 1.82) is 0 Å². The predicted molar refractivity (Wildman–Crippen MR) is 117 cm³/mol. The second-order valence-electron chi connectivity index (χ2n) is 7.53. The summed E-state index contributed by atoms with van der Waals surface area (Å²) in [5.41, 5.74) is 2.59. The maximum Gasteiger partial charge on any atom is 0.243 e. The molecule has 1 aliphatic heterocycles. The third-order valence-corrected chi connectivity index (χ3v) is 7.64. The molecule has 0 saturated heterocycles. The van der Waals surface area contributed by atoms with Gasteiger partial charge in [-0.2, -0.15) is 4.31 Å². The van der Waals surface area contributed by atoms with Crippen LogP contribution in [0.1, 0.15) is 42.9 Å². The highest BCUT2D eigenvalue weighted by Gasteiger charge is 2.32. The number of nitrogens with zero attached hydrogens (tertiary/aromatic N) is 1. The molecule has 0 radical (unpaired) electrons. The molecular formula is C22H26FN3O4S. The number of hydrogen-bond acceptors (Lipinski definition) is 4. The summed E-state index contributed by atoms with van der Waals surface area (Å²) >= 11 is 0. The number of hydrogen-bond donors (Lipinski definition) is 2. The summed E-state index contributed by atoms with van der Waals surface area (Å²) in [7, 11) is -3.71. The number of carbonyl (C=O) groups excluding carboxylic acids is 2. The molecule has 9 heteroatoms. The Morgan fingerprint density at radius 3 is 2.52 bits per heavy atom. The number of anilines is 2. The van der Waals surface area contributed by atoms with Gasteiger partial charge in [0.25, 0.3) is 0 Å². The van der Waals surface area contributed by atoms with Gasteiger partial charge in [-0.15, -0.1) is 0 Å². The molecule has 2 aromatic carbocycles. The lowest BCUT2D eigenvalue weighted by Crippen LogP contribution is -2.32. The number of halogens is 1. The van der Waals surface area contributed by atoms with Crippen molar-refractivity contribution in [2.45, 2.75) is 44.9 Å². The molecule has 0 fully saturated rings. The number of benzene rings is 2. The normalized spacial score (nSPS) is 16.1. The van der Waals surface area contributed by atoms with Crippen LogP contribution in [-0.4, -0.2) is 37.6 Å². The fraction of sp³-hybridized carbons (Fsp3) is 0.364. The minimum absolute atomic E-state index is 0.0834. The van der Waals surface area contributed by atoms with Gasteiger partial charge in [-0.05, 0) is 54.8 Å². The largest absolute Gasteiger partial charge is 0.326 e. The Kier molecular flexibility index (Phi) is 6.47. The minimum Gasteiger partial charge on any atom is -0.326 e. The molecule has 1 unspecified atom stereocenters. The number of aryl methyl sites for hydroxylation is 1. The van der Waals surface area contributed by atoms with Crippen molar-refractivity contribution in [3.05, 3.63) is 52.8 Å². The second kappa shape index (κ2) is 8.76. The first-order valence-corrected chi connectivity index (χ1v) is 11.5. The third kappa shape index (κ3) is 4.47. The second-order valence-corrected chi connectivity index (χ2v) is 9.47. The van der Waals surface area contributed by atoms with Crippen LogP contribution in [0.4, 0.5) is 15.8 Å². The topological polar surface area (TPSA) is 95.6 Å². The van der Waals surface area contributed by atoms with Gasteiger partial charge in [0.15, 0.2) is 0 Å². The monoisotopic (exact) mass is 447 g/mol. The maximum atomic E-state index is 13.6. The van der Waals surface area contributed by atoms with E-state index in [-0.39, 0.29) is 22.9 Å². The fourth-order valence-corrected chi connectivity index (χ4v) is 5.28. The number of amides is 2. The van der Waals surface area contributed by atoms with Gasteiger partial charge in [-0.25, -0.2) is 12.8 Å². The Balaban J connectivity index is 1.97. The van der Waals surface area contributed by atoms with Crippen molar-refractivity contribution in [2.75, 3.05) is 23.7 Å². The lowest BCUT2D eigenvalue weighted by molar-refractivity contribution is -0.123. The number of carbonyl (C=O) groups is 2. The van der Waals surface area contributed by atoms with Gasteiger partial charge in [0.2, 0.25) is 21.8 Å². The highest BCUT2D eigenvalue weighted by Crippen LogP contribution is 2.34. The summed E-state index contributed by atoms with van der Waals surface area (Å²) in [5, 5.41) is 5.37. The first-order chi connectivity index (χ1) is 14.6. The van der Waals surface area contributed by atoms with Gasteiger partial charge in [0.05, 0.1) is 10.8 Å².